The molecule has 6 heterocycles. The van der Waals surface area contributed by atoms with E-state index in [0.717, 1.165) is 40.4 Å². The molecule has 0 aromatic heterocycles. The van der Waals surface area contributed by atoms with Crippen LogP contribution in [0.1, 0.15) is 74.5 Å². The summed E-state index contributed by atoms with van der Waals surface area (Å²) in [5.74, 6) is 0.932. The van der Waals surface area contributed by atoms with Crippen LogP contribution in [0.2, 0.25) is 0 Å². The molecular weight excluding hydrogens is 1210 g/mol. The molecule has 0 bridgehead atoms. The fourth-order valence-corrected chi connectivity index (χ4v) is 9.61. The summed E-state index contributed by atoms with van der Waals surface area (Å²) < 4.78 is 34.7. The summed E-state index contributed by atoms with van der Waals surface area (Å²) in [4.78, 5) is 81.4. The molecule has 90 heavy (non-hydrogen) atoms. The number of hydrogen-bond donors (Lipinski definition) is 4. The van der Waals surface area contributed by atoms with Crippen LogP contribution in [-0.4, -0.2) is 126 Å². The molecule has 5 amide bonds. The van der Waals surface area contributed by atoms with Gasteiger partial charge in [-0.05, 0) is 53.1 Å². The molecule has 0 saturated heterocycles. The fourth-order valence-electron chi connectivity index (χ4n) is 9.61. The van der Waals surface area contributed by atoms with Gasteiger partial charge in [0, 0.05) is 57.3 Å². The van der Waals surface area contributed by atoms with Crippen molar-refractivity contribution in [3.8, 4) is 17.2 Å². The zero-order valence-corrected chi connectivity index (χ0v) is 52.4. The number of carbonyl (C=O) groups is 5. The van der Waals surface area contributed by atoms with Crippen LogP contribution in [0.25, 0.3) is 0 Å². The second kappa shape index (κ2) is 34.8. The van der Waals surface area contributed by atoms with E-state index in [2.05, 4.69) is 77.7 Å². The lowest BCUT2D eigenvalue weighted by Crippen LogP contribution is -2.51. The maximum Gasteiger partial charge on any atom is 0.373 e. The van der Waals surface area contributed by atoms with Gasteiger partial charge in [-0.2, -0.15) is 39.7 Å². The maximum atomic E-state index is 12.8. The van der Waals surface area contributed by atoms with Gasteiger partial charge in [0.1, 0.15) is 66.6 Å². The first-order valence-electron chi connectivity index (χ1n) is 29.4. The predicted octanol–water partition coefficient (Wildman–Crippen LogP) is 8.35. The van der Waals surface area contributed by atoms with Crippen LogP contribution in [0.3, 0.4) is 0 Å². The Labute approximate surface area is 540 Å². The van der Waals surface area contributed by atoms with Crippen molar-refractivity contribution in [2.75, 3.05) is 49.0 Å². The number of carbonyl (C=O) groups excluding carboxylic acids is 7. The second-order valence-electron chi connectivity index (χ2n) is 20.5. The number of halogens is 2. The lowest BCUT2D eigenvalue weighted by atomic mass is 9.93. The highest BCUT2D eigenvalue weighted by molar-refractivity contribution is 6.92. The molecule has 6 atom stereocenters. The molecule has 0 saturated carbocycles. The number of fused-ring (bicyclic) bond motifs is 3. The van der Waals surface area contributed by atoms with E-state index in [1.807, 2.05) is 135 Å². The standard InChI is InChI=1S/C22H22N4O3.C21H20N4O3.C11H12N2.C10H12N2O2.CO2.2ClH.H3P/c1-14(15-8-4-3-5-9-15)16-12-17(25-24-16)21(27)23-18-13-29-20-11-7-6-10-19(20)26(2)22(18)28;1-13(14-7-3-2-4-8-14)16-11-17(25-24-16)20(26)23-18-12-28-19-10-6-5-9-15(19)22-21(18)27;1-9(11-7-8-12-13-11)10-5-3-2-4-6-10;1-12-8-4-2-3-5-9(8)14-6-7(11)10(12)13;2-1-3;;;/h3-11,14,18H,12-13H2,1-2H3,(H,23,27);2-10,13,18H,11-12H2,1H3,(H,22,27)(H,23,26);2-6,8-9H,7H2,1H3;2-5,7H,6,11H2,1H3;;2*1H;1H3/t14-,18+;13-,18+;;7-;;;;/m11.0..../s1/i;;;;;;;1T3. The van der Waals surface area contributed by atoms with Gasteiger partial charge in [0.05, 0.1) is 38.0 Å². The Hall–Kier alpha value is -9.56. The molecule has 22 nitrogen and oxygen atoms in total. The van der Waals surface area contributed by atoms with E-state index in [1.54, 1.807) is 38.4 Å². The zero-order valence-electron chi connectivity index (χ0n) is 52.9. The molecule has 12 rings (SSSR count). The third-order valence-electron chi connectivity index (χ3n) is 14.8. The third-order valence-corrected chi connectivity index (χ3v) is 14.8. The summed E-state index contributed by atoms with van der Waals surface area (Å²) in [7, 11) is 1.51. The quantitative estimate of drug-likeness (QED) is 0.0945. The number of nitrogens with two attached hydrogens (primary N) is 1. The van der Waals surface area contributed by atoms with Gasteiger partial charge < -0.3 is 45.7 Å². The average molecular weight is 1290 g/mol. The van der Waals surface area contributed by atoms with Gasteiger partial charge in [0.25, 0.3) is 23.6 Å². The van der Waals surface area contributed by atoms with Crippen molar-refractivity contribution in [3.63, 3.8) is 0 Å². The van der Waals surface area contributed by atoms with E-state index in [0.29, 0.717) is 58.8 Å². The molecule has 0 fully saturated rings. The van der Waals surface area contributed by atoms with Crippen LogP contribution in [0.4, 0.5) is 17.1 Å². The van der Waals surface area contributed by atoms with Crippen molar-refractivity contribution in [2.45, 2.75) is 75.9 Å². The summed E-state index contributed by atoms with van der Waals surface area (Å²) in [5, 5.41) is 32.7. The van der Waals surface area contributed by atoms with Crippen molar-refractivity contribution in [3.05, 3.63) is 180 Å². The molecule has 0 spiro atoms. The minimum absolute atomic E-state index is 0. The van der Waals surface area contributed by atoms with E-state index in [4.69, 9.17) is 33.4 Å². The molecule has 6 aromatic rings. The maximum absolute atomic E-state index is 12.8. The molecule has 25 heteroatoms. The predicted molar refractivity (Wildman–Crippen MR) is 358 cm³/mol. The van der Waals surface area contributed by atoms with E-state index in [1.165, 1.54) is 15.4 Å². The van der Waals surface area contributed by atoms with E-state index >= 15 is 0 Å². The molecule has 6 aliphatic heterocycles. The highest BCUT2D eigenvalue weighted by Crippen LogP contribution is 2.32. The highest BCUT2D eigenvalue weighted by Gasteiger charge is 2.34. The van der Waals surface area contributed by atoms with Crippen LogP contribution < -0.4 is 45.7 Å². The Bertz CT molecular complexity index is 3750. The van der Waals surface area contributed by atoms with Gasteiger partial charge in [-0.1, -0.05) is 148 Å². The summed E-state index contributed by atoms with van der Waals surface area (Å²) in [6.07, 6.45) is 3.72. The number of para-hydroxylation sites is 6. The van der Waals surface area contributed by atoms with Gasteiger partial charge in [-0.3, -0.25) is 24.0 Å². The Balaban J connectivity index is 0.000000226. The normalized spacial score (nSPS) is 18.6. The minimum atomic E-state index is -1.87. The Morgan fingerprint density at radius 3 is 1.43 bits per heavy atom. The Kier molecular flexibility index (Phi) is 25.7. The van der Waals surface area contributed by atoms with Gasteiger partial charge in [-0.25, -0.2) is 0 Å². The molecule has 6 aromatic carbocycles. The van der Waals surface area contributed by atoms with Crippen LogP contribution in [-0.2, 0) is 33.6 Å². The minimum Gasteiger partial charge on any atom is -0.489 e. The van der Waals surface area contributed by atoms with Gasteiger partial charge >= 0.3 is 6.15 Å². The molecule has 1 unspecified atom stereocenters. The smallest absolute Gasteiger partial charge is 0.373 e. The fraction of sp³-hybridized carbons (Fsp3) is 0.262. The number of likely N-dealkylation sites (N-methyl/N-ethyl adjacent to an activating group) is 2. The molecule has 6 aliphatic rings. The topological polar surface area (TPSA) is 290 Å². The number of anilines is 3. The summed E-state index contributed by atoms with van der Waals surface area (Å²) >= 11 is 0. The first kappa shape index (κ1) is 66.4. The van der Waals surface area contributed by atoms with Crippen molar-refractivity contribution in [2.24, 2.45) is 36.3 Å². The summed E-state index contributed by atoms with van der Waals surface area (Å²) in [6.45, 7) is 6.60. The molecule has 470 valence electrons. The lowest BCUT2D eigenvalue weighted by Gasteiger charge is -2.20. The Morgan fingerprint density at radius 1 is 0.567 bits per heavy atom. The second-order valence-corrected chi connectivity index (χ2v) is 20.5. The average Bonchev–Trinajstić information content (AvgIpc) is 1.93. The van der Waals surface area contributed by atoms with Crippen molar-refractivity contribution < 1.29 is 47.8 Å². The van der Waals surface area contributed by atoms with Crippen LogP contribution in [0.5, 0.6) is 17.2 Å². The summed E-state index contributed by atoms with van der Waals surface area (Å²) in [5.41, 5.74) is 14.6. The number of nitrogens with one attached hydrogen (secondary N) is 3. The zero-order chi connectivity index (χ0) is 65.4. The van der Waals surface area contributed by atoms with Crippen LogP contribution in [0.15, 0.2) is 194 Å². The first-order valence-corrected chi connectivity index (χ1v) is 28.0. The number of benzene rings is 6. The number of hydrogen-bond acceptors (Lipinski definition) is 17. The number of amides is 5. The molecule has 5 N–H and O–H groups in total. The number of nitrogens with zero attached hydrogens (tertiary/aromatic N) is 8. The van der Waals surface area contributed by atoms with E-state index in [-0.39, 0.29) is 80.3 Å². The summed E-state index contributed by atoms with van der Waals surface area (Å²) in [6, 6.07) is 50.0. The highest BCUT2D eigenvalue weighted by atomic mass is 35.5. The van der Waals surface area contributed by atoms with E-state index < -0.39 is 39.7 Å². The molecule has 0 aliphatic carbocycles. The van der Waals surface area contributed by atoms with Gasteiger partial charge in [0.15, 0.2) is 0 Å². The monoisotopic (exact) mass is 1290 g/mol. The van der Waals surface area contributed by atoms with Crippen molar-refractivity contribution in [1.82, 2.24) is 10.6 Å². The van der Waals surface area contributed by atoms with Gasteiger partial charge in [-0.15, -0.1) is 35.0 Å². The van der Waals surface area contributed by atoms with Crippen molar-refractivity contribution in [1.29, 1.82) is 3.84 Å². The Morgan fingerprint density at radius 2 is 0.956 bits per heavy atom. The van der Waals surface area contributed by atoms with Crippen LogP contribution >= 0.6 is 34.5 Å². The largest absolute Gasteiger partial charge is 0.489 e. The van der Waals surface area contributed by atoms with Crippen LogP contribution in [0, 0.1) is 0 Å². The number of rotatable bonds is 10. The SMILES string of the molecule is CC(C1=NN=CC1)c1ccccc1.CN1C(=O)[C@@H](N)COc2ccccc21.C[C@@H](C1=NN=C(C(=O)N[C@H]2COc3ccccc3N(C)C2=O)C1)c1ccccc1.C[C@@H](C1=NN=C(C(=O)N[C@H]2COc3ccccc3NC2=O)C1)c1ccccc1.Cl.Cl.O=C=O.[3H]P([3H])[3H]. The lowest BCUT2D eigenvalue weighted by molar-refractivity contribution is -0.191. The van der Waals surface area contributed by atoms with Gasteiger partial charge in [0.2, 0.25) is 5.91 Å². The van der Waals surface area contributed by atoms with E-state index in [9.17, 15) is 24.0 Å². The first-order chi connectivity index (χ1) is 43.9. The number of ether oxygens (including phenoxy) is 3. The third kappa shape index (κ3) is 18.5. The molecular formula is C65H71Cl2N12O10P. The molecule has 0 radical (unpaired) electrons. The van der Waals surface area contributed by atoms with Crippen molar-refractivity contribution >= 4 is 122 Å².